The molecule has 0 unspecified atom stereocenters. The van der Waals surface area contributed by atoms with Crippen LogP contribution < -0.4 is 0 Å². The summed E-state index contributed by atoms with van der Waals surface area (Å²) in [6.07, 6.45) is 3.14. The molecule has 0 saturated carbocycles. The highest BCUT2D eigenvalue weighted by atomic mass is 16.3. The lowest BCUT2D eigenvalue weighted by Crippen LogP contribution is -2.10. The van der Waals surface area contributed by atoms with E-state index in [9.17, 15) is 0 Å². The molecule has 1 heterocycles. The monoisotopic (exact) mass is 185 g/mol. The number of rotatable bonds is 0. The average molecular weight is 185 g/mol. The molecule has 0 atom stereocenters. The lowest BCUT2D eigenvalue weighted by molar-refractivity contribution is 0.537. The maximum absolute atomic E-state index is 4.83. The van der Waals surface area contributed by atoms with Crippen LogP contribution in [0.4, 0.5) is 0 Å². The van der Waals surface area contributed by atoms with Crippen molar-refractivity contribution in [1.82, 2.24) is 4.98 Å². The Bertz CT molecular complexity index is 172. The Morgan fingerprint density at radius 3 is 1.69 bits per heavy atom. The summed E-state index contributed by atoms with van der Waals surface area (Å²) in [6.45, 7) is 14.3. The third-order valence-electron chi connectivity index (χ3n) is 1.20. The molecule has 78 valence electrons. The van der Waals surface area contributed by atoms with E-state index in [1.54, 1.807) is 6.26 Å². The normalized spacial score (nSPS) is 9.15. The Kier molecular flexibility index (Phi) is 8.87. The number of hydrogen-bond acceptors (Lipinski definition) is 2. The first-order valence-electron chi connectivity index (χ1n) is 4.99. The molecule has 0 N–H and O–H groups in total. The van der Waals surface area contributed by atoms with Gasteiger partial charge in [-0.2, -0.15) is 0 Å². The Labute approximate surface area is 82.4 Å². The summed E-state index contributed by atoms with van der Waals surface area (Å²) in [5, 5.41) is 0. The molecule has 0 aromatic carbocycles. The molecule has 0 aliphatic carbocycles. The summed E-state index contributed by atoms with van der Waals surface area (Å²) in [4.78, 5) is 4.02. The molecule has 0 aliphatic heterocycles. The van der Waals surface area contributed by atoms with E-state index in [1.807, 2.05) is 27.7 Å². The molecule has 1 aromatic heterocycles. The van der Waals surface area contributed by atoms with Gasteiger partial charge in [-0.15, -0.1) is 0 Å². The minimum Gasteiger partial charge on any atom is -0.451 e. The van der Waals surface area contributed by atoms with Gasteiger partial charge >= 0.3 is 0 Å². The fourth-order valence-corrected chi connectivity index (χ4v) is 0.583. The van der Waals surface area contributed by atoms with Crippen molar-refractivity contribution in [3.8, 4) is 0 Å². The fraction of sp³-hybridized carbons (Fsp3) is 0.727. The molecule has 0 fully saturated rings. The highest BCUT2D eigenvalue weighted by Crippen LogP contribution is 2.18. The maximum Gasteiger partial charge on any atom is 0.180 e. The van der Waals surface area contributed by atoms with Crippen LogP contribution in [-0.2, 0) is 5.41 Å². The highest BCUT2D eigenvalue weighted by molar-refractivity contribution is 5.05. The van der Waals surface area contributed by atoms with Gasteiger partial charge in [-0.1, -0.05) is 48.5 Å². The lowest BCUT2D eigenvalue weighted by Gasteiger charge is -2.12. The van der Waals surface area contributed by atoms with Gasteiger partial charge in [0.1, 0.15) is 6.26 Å². The van der Waals surface area contributed by atoms with Gasteiger partial charge in [0.05, 0.1) is 5.69 Å². The molecule has 0 spiro atoms. The zero-order chi connectivity index (χ0) is 10.9. The first kappa shape index (κ1) is 14.7. The number of nitrogens with zero attached hydrogens (tertiary/aromatic N) is 1. The van der Waals surface area contributed by atoms with Crippen molar-refractivity contribution in [3.63, 3.8) is 0 Å². The molecule has 0 bridgehead atoms. The SMILES string of the molecule is CC.CC.CC(C)(C)c1cocn1. The van der Waals surface area contributed by atoms with Crippen molar-refractivity contribution < 1.29 is 4.42 Å². The Hall–Kier alpha value is -0.790. The predicted octanol–water partition coefficient (Wildman–Crippen LogP) is 4.02. The van der Waals surface area contributed by atoms with Crippen LogP contribution in [0.1, 0.15) is 54.2 Å². The van der Waals surface area contributed by atoms with E-state index in [0.29, 0.717) is 0 Å². The summed E-state index contributed by atoms with van der Waals surface area (Å²) in [5.74, 6) is 0. The lowest BCUT2D eigenvalue weighted by atomic mass is 9.93. The second-order valence-electron chi connectivity index (χ2n) is 3.12. The molecule has 0 saturated heterocycles. The first-order chi connectivity index (χ1) is 6.11. The molecular weight excluding hydrogens is 162 g/mol. The zero-order valence-corrected chi connectivity index (χ0v) is 10.0. The van der Waals surface area contributed by atoms with Gasteiger partial charge in [0, 0.05) is 5.41 Å². The summed E-state index contributed by atoms with van der Waals surface area (Å²) < 4.78 is 4.83. The third-order valence-corrected chi connectivity index (χ3v) is 1.20. The van der Waals surface area contributed by atoms with Crippen molar-refractivity contribution in [3.05, 3.63) is 18.4 Å². The van der Waals surface area contributed by atoms with E-state index < -0.39 is 0 Å². The Morgan fingerprint density at radius 2 is 1.54 bits per heavy atom. The van der Waals surface area contributed by atoms with Crippen LogP contribution in [0.25, 0.3) is 0 Å². The average Bonchev–Trinajstić information content (AvgIpc) is 2.63. The maximum atomic E-state index is 4.83. The van der Waals surface area contributed by atoms with E-state index >= 15 is 0 Å². The van der Waals surface area contributed by atoms with Crippen molar-refractivity contribution in [2.45, 2.75) is 53.9 Å². The molecule has 2 nitrogen and oxygen atoms in total. The largest absolute Gasteiger partial charge is 0.451 e. The van der Waals surface area contributed by atoms with Crippen LogP contribution in [0.5, 0.6) is 0 Å². The molecule has 0 amide bonds. The van der Waals surface area contributed by atoms with Crippen LogP contribution in [0.3, 0.4) is 0 Å². The number of oxazole rings is 1. The molecule has 1 rings (SSSR count). The van der Waals surface area contributed by atoms with E-state index in [1.165, 1.54) is 6.39 Å². The molecule has 2 heteroatoms. The van der Waals surface area contributed by atoms with Crippen molar-refractivity contribution >= 4 is 0 Å². The molecular formula is C11H23NO. The summed E-state index contributed by atoms with van der Waals surface area (Å²) >= 11 is 0. The van der Waals surface area contributed by atoms with Gasteiger partial charge in [0.2, 0.25) is 0 Å². The van der Waals surface area contributed by atoms with E-state index in [2.05, 4.69) is 25.8 Å². The van der Waals surface area contributed by atoms with Crippen LogP contribution in [-0.4, -0.2) is 4.98 Å². The summed E-state index contributed by atoms with van der Waals surface area (Å²) in [6, 6.07) is 0. The van der Waals surface area contributed by atoms with Crippen LogP contribution in [0.2, 0.25) is 0 Å². The molecule has 1 aromatic rings. The second kappa shape index (κ2) is 7.84. The fourth-order valence-electron chi connectivity index (χ4n) is 0.583. The van der Waals surface area contributed by atoms with Crippen LogP contribution in [0.15, 0.2) is 17.1 Å². The summed E-state index contributed by atoms with van der Waals surface area (Å²) in [5.41, 5.74) is 1.12. The minimum atomic E-state index is 0.118. The Morgan fingerprint density at radius 1 is 1.08 bits per heavy atom. The van der Waals surface area contributed by atoms with Crippen molar-refractivity contribution in [2.24, 2.45) is 0 Å². The summed E-state index contributed by atoms with van der Waals surface area (Å²) in [7, 11) is 0. The molecule has 13 heavy (non-hydrogen) atoms. The first-order valence-corrected chi connectivity index (χ1v) is 4.99. The van der Waals surface area contributed by atoms with Crippen LogP contribution >= 0.6 is 0 Å². The van der Waals surface area contributed by atoms with Crippen molar-refractivity contribution in [2.75, 3.05) is 0 Å². The predicted molar refractivity (Wildman–Crippen MR) is 57.9 cm³/mol. The standard InChI is InChI=1S/C7H11NO.2C2H6/c1-7(2,3)6-4-9-5-8-6;2*1-2/h4-5H,1-3H3;2*1-2H3. The van der Waals surface area contributed by atoms with E-state index in [0.717, 1.165) is 5.69 Å². The zero-order valence-electron chi connectivity index (χ0n) is 10.0. The molecule has 0 radical (unpaired) electrons. The van der Waals surface area contributed by atoms with E-state index in [-0.39, 0.29) is 5.41 Å². The van der Waals surface area contributed by atoms with Crippen molar-refractivity contribution in [1.29, 1.82) is 0 Å². The number of hydrogen-bond donors (Lipinski definition) is 0. The van der Waals surface area contributed by atoms with Gasteiger partial charge in [0.15, 0.2) is 6.39 Å². The second-order valence-corrected chi connectivity index (χ2v) is 3.12. The number of aromatic nitrogens is 1. The quantitative estimate of drug-likeness (QED) is 0.610. The van der Waals surface area contributed by atoms with Crippen LogP contribution in [0, 0.1) is 0 Å². The smallest absolute Gasteiger partial charge is 0.180 e. The van der Waals surface area contributed by atoms with Gasteiger partial charge in [-0.25, -0.2) is 4.98 Å². The van der Waals surface area contributed by atoms with Gasteiger partial charge in [0.25, 0.3) is 0 Å². The molecule has 0 aliphatic rings. The highest BCUT2D eigenvalue weighted by Gasteiger charge is 2.15. The van der Waals surface area contributed by atoms with Gasteiger partial charge in [-0.3, -0.25) is 0 Å². The van der Waals surface area contributed by atoms with Gasteiger partial charge < -0.3 is 4.42 Å². The minimum absolute atomic E-state index is 0.118. The topological polar surface area (TPSA) is 26.0 Å². The third kappa shape index (κ3) is 6.38. The Balaban J connectivity index is 0. The van der Waals surface area contributed by atoms with Gasteiger partial charge in [-0.05, 0) is 0 Å². The van der Waals surface area contributed by atoms with E-state index in [4.69, 9.17) is 4.42 Å².